The van der Waals surface area contributed by atoms with Crippen LogP contribution in [0.25, 0.3) is 0 Å². The Balaban J connectivity index is 1.94. The minimum Gasteiger partial charge on any atom is -0.370 e. The molecule has 1 atom stereocenters. The Morgan fingerprint density at radius 1 is 1.05 bits per heavy atom. The normalized spacial score (nSPS) is 16.9. The summed E-state index contributed by atoms with van der Waals surface area (Å²) in [5.74, 6) is -0.0342. The largest absolute Gasteiger partial charge is 0.370 e. The third-order valence-electron chi connectivity index (χ3n) is 2.98. The molecule has 3 nitrogen and oxygen atoms in total. The van der Waals surface area contributed by atoms with Gasteiger partial charge in [-0.05, 0) is 36.4 Å². The van der Waals surface area contributed by atoms with Crippen LogP contribution in [-0.2, 0) is 4.79 Å². The molecule has 1 aliphatic rings. The van der Waals surface area contributed by atoms with Crippen LogP contribution in [0, 0.1) is 0 Å². The summed E-state index contributed by atoms with van der Waals surface area (Å²) in [7, 11) is 0. The van der Waals surface area contributed by atoms with E-state index in [0.29, 0.717) is 0 Å². The second-order valence-electron chi connectivity index (χ2n) is 4.31. The summed E-state index contributed by atoms with van der Waals surface area (Å²) < 4.78 is 1.94. The van der Waals surface area contributed by atoms with Gasteiger partial charge in [0, 0.05) is 25.9 Å². The van der Waals surface area contributed by atoms with Crippen molar-refractivity contribution in [2.75, 3.05) is 10.6 Å². The van der Waals surface area contributed by atoms with Gasteiger partial charge in [0.05, 0.1) is 0 Å². The van der Waals surface area contributed by atoms with Crippen molar-refractivity contribution in [3.05, 3.63) is 57.0 Å². The maximum absolute atomic E-state index is 12.0. The molecule has 0 radical (unpaired) electrons. The van der Waals surface area contributed by atoms with Crippen LogP contribution in [0.1, 0.15) is 11.6 Å². The summed E-state index contributed by atoms with van der Waals surface area (Å²) in [5.41, 5.74) is 2.72. The number of hydrogen-bond acceptors (Lipinski definition) is 2. The quantitative estimate of drug-likeness (QED) is 0.813. The Kier molecular flexibility index (Phi) is 3.33. The van der Waals surface area contributed by atoms with E-state index in [1.165, 1.54) is 0 Å². The van der Waals surface area contributed by atoms with E-state index in [1.807, 2.05) is 42.5 Å². The molecule has 3 rings (SSSR count). The van der Waals surface area contributed by atoms with Crippen molar-refractivity contribution < 1.29 is 4.79 Å². The van der Waals surface area contributed by atoms with E-state index in [9.17, 15) is 4.79 Å². The first-order chi connectivity index (χ1) is 9.13. The average molecular weight is 382 g/mol. The molecule has 0 aromatic heterocycles. The molecule has 0 saturated carbocycles. The fraction of sp³-hybridized carbons (Fsp3) is 0.0714. The van der Waals surface area contributed by atoms with E-state index in [-0.39, 0.29) is 11.9 Å². The van der Waals surface area contributed by atoms with Gasteiger partial charge in [0.2, 0.25) is 0 Å². The number of nitrogens with one attached hydrogen (secondary N) is 2. The first-order valence-electron chi connectivity index (χ1n) is 5.76. The molecule has 1 heterocycles. The summed E-state index contributed by atoms with van der Waals surface area (Å²) in [5, 5.41) is 6.13. The van der Waals surface area contributed by atoms with Crippen molar-refractivity contribution in [2.24, 2.45) is 0 Å². The number of benzene rings is 2. The van der Waals surface area contributed by atoms with Gasteiger partial charge in [-0.25, -0.2) is 0 Å². The first-order valence-corrected chi connectivity index (χ1v) is 7.34. The van der Waals surface area contributed by atoms with Gasteiger partial charge in [-0.3, -0.25) is 4.79 Å². The van der Waals surface area contributed by atoms with Gasteiger partial charge in [-0.1, -0.05) is 37.9 Å². The van der Waals surface area contributed by atoms with Crippen LogP contribution in [0.4, 0.5) is 11.4 Å². The highest BCUT2D eigenvalue weighted by molar-refractivity contribution is 9.10. The summed E-state index contributed by atoms with van der Waals surface area (Å²) in [6, 6.07) is 13.2. The molecule has 19 heavy (non-hydrogen) atoms. The third-order valence-corrected chi connectivity index (χ3v) is 3.97. The number of carbonyl (C=O) groups excluding carboxylic acids is 1. The lowest BCUT2D eigenvalue weighted by Crippen LogP contribution is -2.19. The molecule has 96 valence electrons. The molecule has 5 heteroatoms. The molecule has 2 aromatic carbocycles. The van der Waals surface area contributed by atoms with Crippen molar-refractivity contribution in [3.63, 3.8) is 0 Å². The number of rotatable bonds is 2. The van der Waals surface area contributed by atoms with Gasteiger partial charge >= 0.3 is 0 Å². The Bertz CT molecular complexity index is 658. The van der Waals surface area contributed by atoms with E-state index >= 15 is 0 Å². The Morgan fingerprint density at radius 2 is 1.84 bits per heavy atom. The van der Waals surface area contributed by atoms with E-state index in [2.05, 4.69) is 42.5 Å². The van der Waals surface area contributed by atoms with E-state index < -0.39 is 0 Å². The van der Waals surface area contributed by atoms with Gasteiger partial charge in [0.1, 0.15) is 6.04 Å². The number of amides is 1. The molecule has 2 N–H and O–H groups in total. The molecule has 1 aliphatic heterocycles. The van der Waals surface area contributed by atoms with Crippen molar-refractivity contribution in [1.82, 2.24) is 0 Å². The molecule has 1 unspecified atom stereocenters. The summed E-state index contributed by atoms with van der Waals surface area (Å²) in [6.07, 6.45) is 0. The maximum atomic E-state index is 12.0. The van der Waals surface area contributed by atoms with Gasteiger partial charge in [-0.15, -0.1) is 0 Å². The van der Waals surface area contributed by atoms with E-state index in [0.717, 1.165) is 25.9 Å². The van der Waals surface area contributed by atoms with E-state index in [1.54, 1.807) is 0 Å². The van der Waals surface area contributed by atoms with Crippen molar-refractivity contribution in [3.8, 4) is 0 Å². The van der Waals surface area contributed by atoms with Gasteiger partial charge in [-0.2, -0.15) is 0 Å². The average Bonchev–Trinajstić information content (AvgIpc) is 2.66. The lowest BCUT2D eigenvalue weighted by molar-refractivity contribution is -0.116. The zero-order valence-electron chi connectivity index (χ0n) is 9.78. The first kappa shape index (κ1) is 12.7. The van der Waals surface area contributed by atoms with Crippen molar-refractivity contribution >= 4 is 49.1 Å². The summed E-state index contributed by atoms with van der Waals surface area (Å²) in [6.45, 7) is 0. The van der Waals surface area contributed by atoms with Gasteiger partial charge in [0.15, 0.2) is 0 Å². The van der Waals surface area contributed by atoms with Crippen molar-refractivity contribution in [2.45, 2.75) is 6.04 Å². The number of anilines is 2. The van der Waals surface area contributed by atoms with Crippen LogP contribution < -0.4 is 10.6 Å². The molecule has 0 saturated heterocycles. The maximum Gasteiger partial charge on any atom is 0.251 e. The van der Waals surface area contributed by atoms with Crippen LogP contribution in [0.2, 0.25) is 0 Å². The number of hydrogen-bond donors (Lipinski definition) is 2. The Hall–Kier alpha value is -1.33. The fourth-order valence-electron chi connectivity index (χ4n) is 2.12. The second kappa shape index (κ2) is 4.98. The highest BCUT2D eigenvalue weighted by Crippen LogP contribution is 2.35. The molecule has 2 aromatic rings. The zero-order valence-corrected chi connectivity index (χ0v) is 13.0. The highest BCUT2D eigenvalue weighted by Gasteiger charge is 2.30. The van der Waals surface area contributed by atoms with Crippen molar-refractivity contribution in [1.29, 1.82) is 0 Å². The van der Waals surface area contributed by atoms with Gasteiger partial charge in [0.25, 0.3) is 5.91 Å². The summed E-state index contributed by atoms with van der Waals surface area (Å²) in [4.78, 5) is 12.0. The lowest BCUT2D eigenvalue weighted by atomic mass is 10.1. The minimum atomic E-state index is -0.359. The molecule has 0 aliphatic carbocycles. The minimum absolute atomic E-state index is 0.0342. The monoisotopic (exact) mass is 380 g/mol. The molecule has 0 fully saturated rings. The van der Waals surface area contributed by atoms with Crippen LogP contribution in [0.15, 0.2) is 51.4 Å². The molecule has 0 bridgehead atoms. The highest BCUT2D eigenvalue weighted by atomic mass is 79.9. The van der Waals surface area contributed by atoms with E-state index in [4.69, 9.17) is 0 Å². The standard InChI is InChI=1S/C14H10Br2N2O/c15-8-2-1-3-10(6-8)17-13-11-7-9(16)4-5-12(11)18-14(13)19/h1-7,13,17H,(H,18,19). The predicted molar refractivity (Wildman–Crippen MR) is 83.3 cm³/mol. The van der Waals surface area contributed by atoms with Gasteiger partial charge < -0.3 is 10.6 Å². The predicted octanol–water partition coefficient (Wildman–Crippen LogP) is 4.32. The number of fused-ring (bicyclic) bond motifs is 1. The van der Waals surface area contributed by atoms with Crippen LogP contribution >= 0.6 is 31.9 Å². The van der Waals surface area contributed by atoms with Crippen LogP contribution in [-0.4, -0.2) is 5.91 Å². The molecule has 1 amide bonds. The SMILES string of the molecule is O=C1Nc2ccc(Br)cc2C1Nc1cccc(Br)c1. The lowest BCUT2D eigenvalue weighted by Gasteiger charge is -2.13. The van der Waals surface area contributed by atoms with Crippen LogP contribution in [0.5, 0.6) is 0 Å². The topological polar surface area (TPSA) is 41.1 Å². The molecular weight excluding hydrogens is 372 g/mol. The number of halogens is 2. The Morgan fingerprint density at radius 3 is 2.63 bits per heavy atom. The second-order valence-corrected chi connectivity index (χ2v) is 6.14. The molecule has 0 spiro atoms. The number of carbonyl (C=O) groups is 1. The zero-order chi connectivity index (χ0) is 13.4. The fourth-order valence-corrected chi connectivity index (χ4v) is 2.90. The molecular formula is C14H10Br2N2O. The summed E-state index contributed by atoms with van der Waals surface area (Å²) >= 11 is 6.86. The third kappa shape index (κ3) is 2.53. The van der Waals surface area contributed by atoms with Crippen LogP contribution in [0.3, 0.4) is 0 Å². The Labute approximate surface area is 127 Å². The smallest absolute Gasteiger partial charge is 0.251 e.